The van der Waals surface area contributed by atoms with Gasteiger partial charge in [-0.15, -0.1) is 0 Å². The van der Waals surface area contributed by atoms with E-state index in [2.05, 4.69) is 4.74 Å². The summed E-state index contributed by atoms with van der Waals surface area (Å²) in [5.74, 6) is -2.01. The van der Waals surface area contributed by atoms with Crippen LogP contribution < -0.4 is 5.73 Å². The monoisotopic (exact) mass is 257 g/mol. The van der Waals surface area contributed by atoms with E-state index in [1.165, 1.54) is 6.07 Å². The van der Waals surface area contributed by atoms with Crippen molar-refractivity contribution < 1.29 is 18.7 Å². The topological polar surface area (TPSA) is 69.4 Å². The summed E-state index contributed by atoms with van der Waals surface area (Å²) in [5.41, 5.74) is 5.09. The number of hydrogen-bond acceptors (Lipinski definition) is 4. The number of hydrogen-bond donors (Lipinski definition) is 1. The van der Waals surface area contributed by atoms with Gasteiger partial charge in [-0.05, 0) is 18.2 Å². The minimum Gasteiger partial charge on any atom is -0.464 e. The van der Waals surface area contributed by atoms with Gasteiger partial charge in [0, 0.05) is 11.6 Å². The van der Waals surface area contributed by atoms with Crippen molar-refractivity contribution in [2.75, 3.05) is 7.11 Å². The fourth-order valence-corrected chi connectivity index (χ4v) is 1.23. The zero-order chi connectivity index (χ0) is 13.0. The smallest absolute Gasteiger partial charge is 0.354 e. The van der Waals surface area contributed by atoms with E-state index in [9.17, 15) is 14.0 Å². The van der Waals surface area contributed by atoms with E-state index in [1.54, 1.807) is 0 Å². The number of esters is 1. The van der Waals surface area contributed by atoms with E-state index in [-0.39, 0.29) is 16.3 Å². The Bertz CT molecular complexity index is 499. The average Bonchev–Trinajstić information content (AvgIpc) is 2.31. The van der Waals surface area contributed by atoms with Gasteiger partial charge in [-0.2, -0.15) is 0 Å². The summed E-state index contributed by atoms with van der Waals surface area (Å²) in [5, 5.41) is -0.180. The highest BCUT2D eigenvalue weighted by Gasteiger charge is 2.10. The zero-order valence-electron chi connectivity index (χ0n) is 8.87. The van der Waals surface area contributed by atoms with Crippen LogP contribution in [0.25, 0.3) is 0 Å². The van der Waals surface area contributed by atoms with E-state index in [0.717, 1.165) is 25.3 Å². The number of rotatable bonds is 3. The molecule has 0 fully saturated rings. The van der Waals surface area contributed by atoms with Crippen molar-refractivity contribution in [2.45, 2.75) is 0 Å². The van der Waals surface area contributed by atoms with Gasteiger partial charge in [0.15, 0.2) is 5.78 Å². The standard InChI is InChI=1S/C11H9ClFNO3/c1-17-11(16)9(14)5-10(15)6-2-3-8(13)7(12)4-6/h2-5H,14H2,1H3/b9-5-. The van der Waals surface area contributed by atoms with Crippen LogP contribution in [0.1, 0.15) is 10.4 Å². The summed E-state index contributed by atoms with van der Waals surface area (Å²) in [6.07, 6.45) is 0.898. The zero-order valence-corrected chi connectivity index (χ0v) is 9.62. The molecule has 1 aromatic carbocycles. The largest absolute Gasteiger partial charge is 0.464 e. The maximum absolute atomic E-state index is 12.8. The van der Waals surface area contributed by atoms with Crippen molar-refractivity contribution in [3.05, 3.63) is 46.4 Å². The number of allylic oxidation sites excluding steroid dienone is 1. The molecule has 17 heavy (non-hydrogen) atoms. The minimum atomic E-state index is -0.813. The second-order valence-electron chi connectivity index (χ2n) is 3.08. The quantitative estimate of drug-likeness (QED) is 0.508. The third-order valence-corrected chi connectivity index (χ3v) is 2.20. The van der Waals surface area contributed by atoms with Crippen LogP contribution in [0.4, 0.5) is 4.39 Å². The van der Waals surface area contributed by atoms with Crippen LogP contribution in [0.5, 0.6) is 0 Å². The van der Waals surface area contributed by atoms with Crippen LogP contribution in [-0.2, 0) is 9.53 Å². The lowest BCUT2D eigenvalue weighted by atomic mass is 10.1. The predicted molar refractivity (Wildman–Crippen MR) is 60.0 cm³/mol. The van der Waals surface area contributed by atoms with Gasteiger partial charge in [0.25, 0.3) is 0 Å². The first-order valence-corrected chi connectivity index (χ1v) is 4.88. The molecule has 4 nitrogen and oxygen atoms in total. The van der Waals surface area contributed by atoms with Crippen LogP contribution in [0.2, 0.25) is 5.02 Å². The summed E-state index contributed by atoms with van der Waals surface area (Å²) in [6, 6.07) is 3.45. The predicted octanol–water partition coefficient (Wildman–Crippen LogP) is 1.68. The normalized spacial score (nSPS) is 11.1. The van der Waals surface area contributed by atoms with Crippen molar-refractivity contribution >= 4 is 23.4 Å². The first-order chi connectivity index (χ1) is 7.95. The number of ether oxygens (including phenoxy) is 1. The van der Waals surface area contributed by atoms with E-state index in [4.69, 9.17) is 17.3 Å². The van der Waals surface area contributed by atoms with Gasteiger partial charge < -0.3 is 10.5 Å². The third kappa shape index (κ3) is 3.29. The number of halogens is 2. The molecule has 0 saturated heterocycles. The molecule has 0 bridgehead atoms. The number of nitrogens with two attached hydrogens (primary N) is 1. The molecule has 90 valence electrons. The Morgan fingerprint density at radius 1 is 1.47 bits per heavy atom. The van der Waals surface area contributed by atoms with Gasteiger partial charge in [-0.25, -0.2) is 9.18 Å². The molecule has 0 amide bonds. The number of ketones is 1. The number of benzene rings is 1. The highest BCUT2D eigenvalue weighted by Crippen LogP contribution is 2.16. The number of carbonyl (C=O) groups excluding carboxylic acids is 2. The highest BCUT2D eigenvalue weighted by molar-refractivity contribution is 6.31. The van der Waals surface area contributed by atoms with Crippen LogP contribution in [0.15, 0.2) is 30.0 Å². The molecule has 0 aromatic heterocycles. The van der Waals surface area contributed by atoms with E-state index >= 15 is 0 Å². The van der Waals surface area contributed by atoms with Crippen LogP contribution in [0, 0.1) is 5.82 Å². The molecule has 0 radical (unpaired) electrons. The molecular formula is C11H9ClFNO3. The Morgan fingerprint density at radius 2 is 2.12 bits per heavy atom. The Labute approximate surface area is 102 Å². The van der Waals surface area contributed by atoms with Gasteiger partial charge >= 0.3 is 5.97 Å². The van der Waals surface area contributed by atoms with Crippen molar-refractivity contribution in [1.29, 1.82) is 0 Å². The van der Waals surface area contributed by atoms with Crippen molar-refractivity contribution in [2.24, 2.45) is 5.73 Å². The second kappa shape index (κ2) is 5.45. The Morgan fingerprint density at radius 3 is 2.65 bits per heavy atom. The maximum atomic E-state index is 12.8. The molecule has 0 unspecified atom stereocenters. The third-order valence-electron chi connectivity index (χ3n) is 1.91. The summed E-state index contributed by atoms with van der Waals surface area (Å²) in [4.78, 5) is 22.5. The molecular weight excluding hydrogens is 249 g/mol. The van der Waals surface area contributed by atoms with E-state index < -0.39 is 17.6 Å². The van der Waals surface area contributed by atoms with Gasteiger partial charge in [0.1, 0.15) is 11.5 Å². The summed E-state index contributed by atoms with van der Waals surface area (Å²) in [6.45, 7) is 0. The Kier molecular flexibility index (Phi) is 4.23. The summed E-state index contributed by atoms with van der Waals surface area (Å²) >= 11 is 5.51. The average molecular weight is 258 g/mol. The van der Waals surface area contributed by atoms with E-state index in [1.807, 2.05) is 0 Å². The lowest BCUT2D eigenvalue weighted by Crippen LogP contribution is -2.14. The van der Waals surface area contributed by atoms with E-state index in [0.29, 0.717) is 0 Å². The van der Waals surface area contributed by atoms with Crippen LogP contribution in [0.3, 0.4) is 0 Å². The van der Waals surface area contributed by atoms with Gasteiger partial charge in [0.05, 0.1) is 12.1 Å². The number of carbonyl (C=O) groups is 2. The Hall–Kier alpha value is -1.88. The number of methoxy groups -OCH3 is 1. The lowest BCUT2D eigenvalue weighted by Gasteiger charge is -2.00. The fourth-order valence-electron chi connectivity index (χ4n) is 1.05. The molecule has 0 saturated carbocycles. The maximum Gasteiger partial charge on any atom is 0.354 e. The molecule has 0 aliphatic carbocycles. The first kappa shape index (κ1) is 13.2. The van der Waals surface area contributed by atoms with Gasteiger partial charge in [0.2, 0.25) is 0 Å². The van der Waals surface area contributed by atoms with Crippen molar-refractivity contribution in [1.82, 2.24) is 0 Å². The van der Waals surface area contributed by atoms with Gasteiger partial charge in [-0.3, -0.25) is 4.79 Å². The minimum absolute atomic E-state index is 0.128. The van der Waals surface area contributed by atoms with Crippen LogP contribution >= 0.6 is 11.6 Å². The fraction of sp³-hybridized carbons (Fsp3) is 0.0909. The van der Waals surface area contributed by atoms with Crippen molar-refractivity contribution in [3.63, 3.8) is 0 Å². The second-order valence-corrected chi connectivity index (χ2v) is 3.49. The van der Waals surface area contributed by atoms with Crippen LogP contribution in [-0.4, -0.2) is 18.9 Å². The highest BCUT2D eigenvalue weighted by atomic mass is 35.5. The molecule has 0 aliphatic heterocycles. The molecule has 0 heterocycles. The molecule has 6 heteroatoms. The summed E-state index contributed by atoms with van der Waals surface area (Å²) < 4.78 is 17.2. The molecule has 0 aliphatic rings. The molecule has 2 N–H and O–H groups in total. The molecule has 0 atom stereocenters. The Balaban J connectivity index is 2.98. The van der Waals surface area contributed by atoms with Gasteiger partial charge in [-0.1, -0.05) is 11.6 Å². The molecule has 1 rings (SSSR count). The lowest BCUT2D eigenvalue weighted by molar-refractivity contribution is -0.136. The summed E-state index contributed by atoms with van der Waals surface area (Å²) in [7, 11) is 1.14. The van der Waals surface area contributed by atoms with Crippen molar-refractivity contribution in [3.8, 4) is 0 Å². The molecule has 0 spiro atoms. The first-order valence-electron chi connectivity index (χ1n) is 4.50. The molecule has 1 aromatic rings. The SMILES string of the molecule is COC(=O)/C(N)=C/C(=O)c1ccc(F)c(Cl)c1.